The van der Waals surface area contributed by atoms with Crippen LogP contribution in [-0.2, 0) is 6.54 Å². The molecule has 4 nitrogen and oxygen atoms in total. The molecular weight excluding hydrogens is 324 g/mol. The molecule has 1 aliphatic rings. The first kappa shape index (κ1) is 18.5. The predicted octanol–water partition coefficient (Wildman–Crippen LogP) is 3.71. The van der Waals surface area contributed by atoms with Gasteiger partial charge >= 0.3 is 0 Å². The van der Waals surface area contributed by atoms with E-state index >= 15 is 0 Å². The van der Waals surface area contributed by atoms with E-state index in [1.54, 1.807) is 0 Å². The van der Waals surface area contributed by atoms with E-state index in [0.717, 1.165) is 17.9 Å². The van der Waals surface area contributed by atoms with Crippen molar-refractivity contribution in [1.82, 2.24) is 10.2 Å². The summed E-state index contributed by atoms with van der Waals surface area (Å²) < 4.78 is 5.78. The number of hydrogen-bond donors (Lipinski definition) is 1. The van der Waals surface area contributed by atoms with Crippen LogP contribution in [0.15, 0.2) is 42.5 Å². The van der Waals surface area contributed by atoms with E-state index in [-0.39, 0.29) is 5.91 Å². The van der Waals surface area contributed by atoms with E-state index < -0.39 is 0 Å². The highest BCUT2D eigenvalue weighted by atomic mass is 16.5. The Morgan fingerprint density at radius 2 is 1.81 bits per heavy atom. The highest BCUT2D eigenvalue weighted by Gasteiger charge is 2.12. The van der Waals surface area contributed by atoms with Crippen molar-refractivity contribution in [3.63, 3.8) is 0 Å². The van der Waals surface area contributed by atoms with Gasteiger partial charge in [0.05, 0.1) is 6.54 Å². The normalized spacial score (nSPS) is 14.4. The van der Waals surface area contributed by atoms with Gasteiger partial charge in [0.2, 0.25) is 0 Å². The summed E-state index contributed by atoms with van der Waals surface area (Å²) in [6.45, 7) is 8.41. The number of nitrogens with one attached hydrogen (secondary N) is 1. The van der Waals surface area contributed by atoms with Crippen molar-refractivity contribution < 1.29 is 9.53 Å². The number of amides is 1. The van der Waals surface area contributed by atoms with Gasteiger partial charge in [0, 0.05) is 12.1 Å². The Labute approximate surface area is 156 Å². The average molecular weight is 352 g/mol. The third kappa shape index (κ3) is 4.85. The second kappa shape index (κ2) is 8.86. The molecule has 1 N–H and O–H groups in total. The molecule has 0 aliphatic carbocycles. The number of ether oxygens (including phenoxy) is 1. The lowest BCUT2D eigenvalue weighted by atomic mass is 10.1. The van der Waals surface area contributed by atoms with Gasteiger partial charge in [0.15, 0.2) is 0 Å². The summed E-state index contributed by atoms with van der Waals surface area (Å²) in [5.74, 6) is 0.827. The Bertz CT molecular complexity index is 734. The summed E-state index contributed by atoms with van der Waals surface area (Å²) in [5, 5.41) is 2.92. The molecule has 26 heavy (non-hydrogen) atoms. The minimum atomic E-state index is -0.0534. The monoisotopic (exact) mass is 352 g/mol. The van der Waals surface area contributed by atoms with Gasteiger partial charge in [-0.25, -0.2) is 0 Å². The molecule has 1 saturated heterocycles. The van der Waals surface area contributed by atoms with E-state index in [4.69, 9.17) is 4.74 Å². The summed E-state index contributed by atoms with van der Waals surface area (Å²) >= 11 is 0. The molecule has 1 aliphatic heterocycles. The van der Waals surface area contributed by atoms with Crippen LogP contribution in [-0.4, -0.2) is 37.0 Å². The van der Waals surface area contributed by atoms with Gasteiger partial charge in [-0.05, 0) is 74.7 Å². The smallest absolute Gasteiger partial charge is 0.251 e. The molecule has 2 aromatic rings. The van der Waals surface area contributed by atoms with Gasteiger partial charge in [0.25, 0.3) is 5.91 Å². The molecule has 1 heterocycles. The molecular formula is C22H28N2O2. The molecule has 1 fully saturated rings. The van der Waals surface area contributed by atoms with Crippen LogP contribution in [0, 0.1) is 13.8 Å². The zero-order valence-corrected chi connectivity index (χ0v) is 15.8. The topological polar surface area (TPSA) is 41.6 Å². The van der Waals surface area contributed by atoms with Crippen LogP contribution in [0.4, 0.5) is 0 Å². The van der Waals surface area contributed by atoms with Crippen LogP contribution in [0.2, 0.25) is 0 Å². The number of rotatable bonds is 7. The van der Waals surface area contributed by atoms with Gasteiger partial charge in [-0.1, -0.05) is 24.3 Å². The van der Waals surface area contributed by atoms with Crippen molar-refractivity contribution in [2.24, 2.45) is 0 Å². The molecule has 0 bridgehead atoms. The summed E-state index contributed by atoms with van der Waals surface area (Å²) in [7, 11) is 0. The van der Waals surface area contributed by atoms with Crippen LogP contribution in [0.5, 0.6) is 5.75 Å². The van der Waals surface area contributed by atoms with E-state index in [0.29, 0.717) is 18.7 Å². The van der Waals surface area contributed by atoms with Crippen LogP contribution in [0.1, 0.15) is 39.9 Å². The summed E-state index contributed by atoms with van der Waals surface area (Å²) in [5.41, 5.74) is 4.32. The Morgan fingerprint density at radius 3 is 2.54 bits per heavy atom. The molecule has 0 saturated carbocycles. The third-order valence-electron chi connectivity index (χ3n) is 5.02. The summed E-state index contributed by atoms with van der Waals surface area (Å²) in [6, 6.07) is 13.9. The number of hydrogen-bond acceptors (Lipinski definition) is 3. The molecule has 138 valence electrons. The number of likely N-dealkylation sites (tertiary alicyclic amines) is 1. The molecule has 1 amide bonds. The fraction of sp³-hybridized carbons (Fsp3) is 0.409. The largest absolute Gasteiger partial charge is 0.491 e. The Kier molecular flexibility index (Phi) is 6.29. The highest BCUT2D eigenvalue weighted by Crippen LogP contribution is 2.20. The Morgan fingerprint density at radius 1 is 1.08 bits per heavy atom. The molecule has 0 unspecified atom stereocenters. The molecule has 2 aromatic carbocycles. The minimum absolute atomic E-state index is 0.0534. The van der Waals surface area contributed by atoms with Crippen LogP contribution in [0.25, 0.3) is 0 Å². The van der Waals surface area contributed by atoms with E-state index in [9.17, 15) is 4.79 Å². The number of carbonyl (C=O) groups excluding carboxylic acids is 1. The lowest BCUT2D eigenvalue weighted by Crippen LogP contribution is -2.28. The van der Waals surface area contributed by atoms with E-state index in [2.05, 4.69) is 35.3 Å². The molecule has 3 rings (SSSR count). The van der Waals surface area contributed by atoms with Crippen molar-refractivity contribution in [3.05, 3.63) is 64.7 Å². The summed E-state index contributed by atoms with van der Waals surface area (Å²) in [6.07, 6.45) is 2.59. The molecule has 0 spiro atoms. The standard InChI is InChI=1S/C22H28N2O2/c1-17-6-5-7-21(18(17)2)26-15-12-23-22(25)20-10-8-19(9-11-20)16-24-13-3-4-14-24/h5-11H,3-4,12-16H2,1-2H3,(H,23,25). The van der Waals surface area contributed by atoms with Gasteiger partial charge in [-0.15, -0.1) is 0 Å². The van der Waals surface area contributed by atoms with Crippen molar-refractivity contribution in [3.8, 4) is 5.75 Å². The fourth-order valence-electron chi connectivity index (χ4n) is 3.27. The maximum atomic E-state index is 12.3. The van der Waals surface area contributed by atoms with Crippen molar-refractivity contribution in [2.75, 3.05) is 26.2 Å². The second-order valence-corrected chi connectivity index (χ2v) is 6.98. The number of carbonyl (C=O) groups is 1. The second-order valence-electron chi connectivity index (χ2n) is 6.98. The molecule has 0 aromatic heterocycles. The van der Waals surface area contributed by atoms with Gasteiger partial charge in [-0.3, -0.25) is 9.69 Å². The quantitative estimate of drug-likeness (QED) is 0.773. The zero-order valence-electron chi connectivity index (χ0n) is 15.8. The molecule has 4 heteroatoms. The first-order valence-electron chi connectivity index (χ1n) is 9.42. The van der Waals surface area contributed by atoms with Gasteiger partial charge in [0.1, 0.15) is 12.4 Å². The maximum absolute atomic E-state index is 12.3. The maximum Gasteiger partial charge on any atom is 0.251 e. The Hall–Kier alpha value is -2.33. The van der Waals surface area contributed by atoms with Crippen molar-refractivity contribution in [1.29, 1.82) is 0 Å². The number of aryl methyl sites for hydroxylation is 1. The molecule has 0 radical (unpaired) electrons. The molecule has 0 atom stereocenters. The van der Waals surface area contributed by atoms with E-state index in [1.807, 2.05) is 31.2 Å². The predicted molar refractivity (Wildman–Crippen MR) is 105 cm³/mol. The van der Waals surface area contributed by atoms with Crippen LogP contribution >= 0.6 is 0 Å². The van der Waals surface area contributed by atoms with Crippen molar-refractivity contribution >= 4 is 5.91 Å². The number of benzene rings is 2. The summed E-state index contributed by atoms with van der Waals surface area (Å²) in [4.78, 5) is 14.7. The van der Waals surface area contributed by atoms with E-state index in [1.165, 1.54) is 37.1 Å². The van der Waals surface area contributed by atoms with Crippen molar-refractivity contribution in [2.45, 2.75) is 33.2 Å². The first-order valence-corrected chi connectivity index (χ1v) is 9.42. The SMILES string of the molecule is Cc1cccc(OCCNC(=O)c2ccc(CN3CCCC3)cc2)c1C. The lowest BCUT2D eigenvalue weighted by molar-refractivity contribution is 0.0947. The first-order chi connectivity index (χ1) is 12.6. The van der Waals surface area contributed by atoms with Gasteiger partial charge < -0.3 is 10.1 Å². The number of nitrogens with zero attached hydrogens (tertiary/aromatic N) is 1. The minimum Gasteiger partial charge on any atom is -0.491 e. The van der Waals surface area contributed by atoms with Crippen LogP contribution in [0.3, 0.4) is 0 Å². The third-order valence-corrected chi connectivity index (χ3v) is 5.02. The lowest BCUT2D eigenvalue weighted by Gasteiger charge is -2.14. The zero-order chi connectivity index (χ0) is 18.4. The highest BCUT2D eigenvalue weighted by molar-refractivity contribution is 5.94. The Balaban J connectivity index is 1.43. The average Bonchev–Trinajstić information content (AvgIpc) is 3.15. The fourth-order valence-corrected chi connectivity index (χ4v) is 3.27. The van der Waals surface area contributed by atoms with Crippen LogP contribution < -0.4 is 10.1 Å². The van der Waals surface area contributed by atoms with Gasteiger partial charge in [-0.2, -0.15) is 0 Å².